The minimum Gasteiger partial charge on any atom is -0.376 e. The molecule has 2 fully saturated rings. The summed E-state index contributed by atoms with van der Waals surface area (Å²) in [6, 6.07) is 8.18. The average Bonchev–Trinajstić information content (AvgIpc) is 3.35. The van der Waals surface area contributed by atoms with Gasteiger partial charge in [0.1, 0.15) is 5.82 Å². The summed E-state index contributed by atoms with van der Waals surface area (Å²) in [7, 11) is 0. The molecular formula is C21H30N4O2. The Balaban J connectivity index is 1.15. The molecule has 2 aliphatic heterocycles. The fraction of sp³-hybridized carbons (Fsp3) is 0.619. The van der Waals surface area contributed by atoms with Crippen LogP contribution < -0.4 is 5.32 Å². The van der Waals surface area contributed by atoms with Crippen molar-refractivity contribution < 1.29 is 9.53 Å². The van der Waals surface area contributed by atoms with Crippen LogP contribution in [0.3, 0.4) is 0 Å². The van der Waals surface area contributed by atoms with Gasteiger partial charge < -0.3 is 15.0 Å². The quantitative estimate of drug-likeness (QED) is 0.786. The van der Waals surface area contributed by atoms with E-state index in [2.05, 4.69) is 26.3 Å². The van der Waals surface area contributed by atoms with Crippen molar-refractivity contribution in [1.82, 2.24) is 20.2 Å². The van der Waals surface area contributed by atoms with Crippen LogP contribution in [0.1, 0.15) is 44.3 Å². The molecule has 0 spiro atoms. The Hall–Kier alpha value is -1.92. The largest absolute Gasteiger partial charge is 0.376 e. The number of rotatable bonds is 7. The first-order valence-electron chi connectivity index (χ1n) is 10.3. The van der Waals surface area contributed by atoms with Crippen LogP contribution >= 0.6 is 0 Å². The molecule has 1 aromatic carbocycles. The molecule has 0 aliphatic carbocycles. The minimum atomic E-state index is 0.176. The molecule has 3 heterocycles. The van der Waals surface area contributed by atoms with Crippen molar-refractivity contribution in [2.24, 2.45) is 5.92 Å². The summed E-state index contributed by atoms with van der Waals surface area (Å²) in [6.07, 6.45) is 6.39. The topological polar surface area (TPSA) is 70.2 Å². The van der Waals surface area contributed by atoms with Crippen LogP contribution in [0.15, 0.2) is 24.3 Å². The van der Waals surface area contributed by atoms with Gasteiger partial charge in [-0.3, -0.25) is 9.69 Å². The molecule has 1 atom stereocenters. The number of hydrogen-bond acceptors (Lipinski definition) is 4. The minimum absolute atomic E-state index is 0.176. The van der Waals surface area contributed by atoms with Crippen LogP contribution in [0.2, 0.25) is 0 Å². The maximum absolute atomic E-state index is 12.0. The van der Waals surface area contributed by atoms with Gasteiger partial charge >= 0.3 is 0 Å². The van der Waals surface area contributed by atoms with Gasteiger partial charge in [-0.25, -0.2) is 4.98 Å². The van der Waals surface area contributed by atoms with E-state index in [0.717, 1.165) is 62.4 Å². The SMILES string of the molecule is O=C(CCC1CCN(Cc2nc3ccccc3[nH]2)CC1)NCC1CCCO1. The van der Waals surface area contributed by atoms with Gasteiger partial charge in [0.05, 0.1) is 23.7 Å². The maximum Gasteiger partial charge on any atom is 0.220 e. The van der Waals surface area contributed by atoms with Crippen molar-refractivity contribution >= 4 is 16.9 Å². The number of aromatic amines is 1. The molecule has 2 saturated heterocycles. The lowest BCUT2D eigenvalue weighted by Crippen LogP contribution is -2.35. The third-order valence-electron chi connectivity index (χ3n) is 5.85. The normalized spacial score (nSPS) is 21.7. The number of ether oxygens (including phenoxy) is 1. The predicted molar refractivity (Wildman–Crippen MR) is 105 cm³/mol. The Kier molecular flexibility index (Phi) is 6.04. The number of nitrogens with one attached hydrogen (secondary N) is 2. The number of aromatic nitrogens is 2. The van der Waals surface area contributed by atoms with E-state index >= 15 is 0 Å². The zero-order valence-corrected chi connectivity index (χ0v) is 16.0. The molecule has 6 nitrogen and oxygen atoms in total. The number of fused-ring (bicyclic) bond motifs is 1. The van der Waals surface area contributed by atoms with E-state index in [1.165, 1.54) is 12.8 Å². The highest BCUT2D eigenvalue weighted by molar-refractivity contribution is 5.76. The standard InChI is InChI=1S/C21H30N4O2/c26-21(22-14-17-4-3-13-27-17)8-7-16-9-11-25(12-10-16)15-20-23-18-5-1-2-6-19(18)24-20/h1-2,5-6,16-17H,3-4,7-15H2,(H,22,26)(H,23,24). The summed E-state index contributed by atoms with van der Waals surface area (Å²) in [6.45, 7) is 4.56. The molecular weight excluding hydrogens is 340 g/mol. The highest BCUT2D eigenvalue weighted by Crippen LogP contribution is 2.23. The molecule has 2 aliphatic rings. The van der Waals surface area contributed by atoms with E-state index < -0.39 is 0 Å². The number of likely N-dealkylation sites (tertiary alicyclic amines) is 1. The third-order valence-corrected chi connectivity index (χ3v) is 5.85. The van der Waals surface area contributed by atoms with Gasteiger partial charge in [0.25, 0.3) is 0 Å². The maximum atomic E-state index is 12.0. The molecule has 2 N–H and O–H groups in total. The Labute approximate surface area is 160 Å². The van der Waals surface area contributed by atoms with Crippen molar-refractivity contribution in [2.75, 3.05) is 26.2 Å². The van der Waals surface area contributed by atoms with Crippen molar-refractivity contribution in [3.8, 4) is 0 Å². The van der Waals surface area contributed by atoms with Crippen molar-refractivity contribution in [2.45, 2.75) is 51.2 Å². The number of benzene rings is 1. The van der Waals surface area contributed by atoms with Crippen LogP contribution in [0.4, 0.5) is 0 Å². The summed E-state index contributed by atoms with van der Waals surface area (Å²) in [5, 5.41) is 3.03. The summed E-state index contributed by atoms with van der Waals surface area (Å²) in [5.74, 6) is 1.88. The average molecular weight is 370 g/mol. The lowest BCUT2D eigenvalue weighted by Gasteiger charge is -2.31. The summed E-state index contributed by atoms with van der Waals surface area (Å²) >= 11 is 0. The molecule has 1 aromatic heterocycles. The van der Waals surface area contributed by atoms with Crippen LogP contribution in [0, 0.1) is 5.92 Å². The number of amides is 1. The number of carbonyl (C=O) groups is 1. The molecule has 27 heavy (non-hydrogen) atoms. The number of nitrogens with zero attached hydrogens (tertiary/aromatic N) is 2. The van der Waals surface area contributed by atoms with Crippen LogP contribution in [0.25, 0.3) is 11.0 Å². The number of para-hydroxylation sites is 2. The lowest BCUT2D eigenvalue weighted by molar-refractivity contribution is -0.122. The highest BCUT2D eigenvalue weighted by Gasteiger charge is 2.21. The number of piperidine rings is 1. The van der Waals surface area contributed by atoms with E-state index in [1.54, 1.807) is 0 Å². The molecule has 6 heteroatoms. The van der Waals surface area contributed by atoms with Crippen LogP contribution in [-0.4, -0.2) is 53.1 Å². The van der Waals surface area contributed by atoms with Crippen molar-refractivity contribution in [3.63, 3.8) is 0 Å². The second-order valence-corrected chi connectivity index (χ2v) is 7.90. The molecule has 1 amide bonds. The second-order valence-electron chi connectivity index (χ2n) is 7.90. The number of carbonyl (C=O) groups excluding carboxylic acids is 1. The Morgan fingerprint density at radius 3 is 2.89 bits per heavy atom. The fourth-order valence-corrected chi connectivity index (χ4v) is 4.18. The van der Waals surface area contributed by atoms with Gasteiger partial charge in [-0.15, -0.1) is 0 Å². The number of imidazole rings is 1. The molecule has 2 aromatic rings. The monoisotopic (exact) mass is 370 g/mol. The smallest absolute Gasteiger partial charge is 0.220 e. The van der Waals surface area contributed by atoms with Gasteiger partial charge in [0.15, 0.2) is 0 Å². The highest BCUT2D eigenvalue weighted by atomic mass is 16.5. The van der Waals surface area contributed by atoms with E-state index in [9.17, 15) is 4.79 Å². The zero-order chi connectivity index (χ0) is 18.5. The number of H-pyrrole nitrogens is 1. The first kappa shape index (κ1) is 18.4. The van der Waals surface area contributed by atoms with E-state index in [0.29, 0.717) is 18.9 Å². The van der Waals surface area contributed by atoms with Crippen molar-refractivity contribution in [1.29, 1.82) is 0 Å². The molecule has 4 rings (SSSR count). The summed E-state index contributed by atoms with van der Waals surface area (Å²) in [4.78, 5) is 22.6. The fourth-order valence-electron chi connectivity index (χ4n) is 4.18. The molecule has 0 bridgehead atoms. The van der Waals surface area contributed by atoms with Gasteiger partial charge in [0, 0.05) is 19.6 Å². The Morgan fingerprint density at radius 2 is 2.11 bits per heavy atom. The van der Waals surface area contributed by atoms with Gasteiger partial charge in [-0.1, -0.05) is 12.1 Å². The Bertz CT molecular complexity index is 712. The summed E-state index contributed by atoms with van der Waals surface area (Å²) in [5.41, 5.74) is 2.15. The molecule has 0 saturated carbocycles. The zero-order valence-electron chi connectivity index (χ0n) is 16.0. The molecule has 0 radical (unpaired) electrons. The van der Waals surface area contributed by atoms with Gasteiger partial charge in [-0.05, 0) is 63.2 Å². The first-order chi connectivity index (χ1) is 13.3. The van der Waals surface area contributed by atoms with Crippen molar-refractivity contribution in [3.05, 3.63) is 30.1 Å². The first-order valence-corrected chi connectivity index (χ1v) is 10.3. The van der Waals surface area contributed by atoms with Gasteiger partial charge in [-0.2, -0.15) is 0 Å². The van der Waals surface area contributed by atoms with Crippen LogP contribution in [-0.2, 0) is 16.1 Å². The lowest BCUT2D eigenvalue weighted by atomic mass is 9.92. The third kappa shape index (κ3) is 5.08. The molecule has 1 unspecified atom stereocenters. The van der Waals surface area contributed by atoms with E-state index in [1.807, 2.05) is 18.2 Å². The Morgan fingerprint density at radius 1 is 1.26 bits per heavy atom. The van der Waals surface area contributed by atoms with Gasteiger partial charge in [0.2, 0.25) is 5.91 Å². The predicted octanol–water partition coefficient (Wildman–Crippen LogP) is 2.85. The second kappa shape index (κ2) is 8.85. The molecule has 146 valence electrons. The van der Waals surface area contributed by atoms with Crippen LogP contribution in [0.5, 0.6) is 0 Å². The summed E-state index contributed by atoms with van der Waals surface area (Å²) < 4.78 is 5.55. The van der Waals surface area contributed by atoms with E-state index in [4.69, 9.17) is 4.74 Å². The number of hydrogen-bond donors (Lipinski definition) is 2. The van der Waals surface area contributed by atoms with E-state index in [-0.39, 0.29) is 12.0 Å².